The fourth-order valence-electron chi connectivity index (χ4n) is 1.87. The summed E-state index contributed by atoms with van der Waals surface area (Å²) in [7, 11) is 1.65. The van der Waals surface area contributed by atoms with Crippen molar-refractivity contribution in [2.45, 2.75) is 13.3 Å². The number of thiazole rings is 1. The molecule has 0 unspecified atom stereocenters. The van der Waals surface area contributed by atoms with Crippen LogP contribution in [0.1, 0.15) is 21.9 Å². The van der Waals surface area contributed by atoms with Crippen molar-refractivity contribution >= 4 is 17.2 Å². The SMILES string of the molecule is COCCCNC(=O)c1nc(C)sc1-c1ccccc1. The van der Waals surface area contributed by atoms with Gasteiger partial charge in [0.25, 0.3) is 5.91 Å². The first-order valence-corrected chi connectivity index (χ1v) is 7.34. The lowest BCUT2D eigenvalue weighted by Crippen LogP contribution is -2.26. The van der Waals surface area contributed by atoms with Crippen molar-refractivity contribution in [3.63, 3.8) is 0 Å². The number of carbonyl (C=O) groups excluding carboxylic acids is 1. The molecular weight excluding hydrogens is 272 g/mol. The lowest BCUT2D eigenvalue weighted by molar-refractivity contribution is 0.0945. The third kappa shape index (κ3) is 3.65. The monoisotopic (exact) mass is 290 g/mol. The summed E-state index contributed by atoms with van der Waals surface area (Å²) in [6.07, 6.45) is 0.798. The van der Waals surface area contributed by atoms with Crippen LogP contribution < -0.4 is 5.32 Å². The Labute approximate surface area is 122 Å². The summed E-state index contributed by atoms with van der Waals surface area (Å²) in [5.41, 5.74) is 1.54. The van der Waals surface area contributed by atoms with Crippen molar-refractivity contribution in [2.75, 3.05) is 20.3 Å². The second-order valence-electron chi connectivity index (χ2n) is 4.38. The number of nitrogens with zero attached hydrogens (tertiary/aromatic N) is 1. The van der Waals surface area contributed by atoms with Gasteiger partial charge in [-0.2, -0.15) is 0 Å². The van der Waals surface area contributed by atoms with Crippen LogP contribution in [0.4, 0.5) is 0 Å². The fraction of sp³-hybridized carbons (Fsp3) is 0.333. The fourth-order valence-corrected chi connectivity index (χ4v) is 2.79. The van der Waals surface area contributed by atoms with Gasteiger partial charge >= 0.3 is 0 Å². The average molecular weight is 290 g/mol. The lowest BCUT2D eigenvalue weighted by Gasteiger charge is -2.05. The second kappa shape index (κ2) is 7.17. The molecule has 1 aromatic carbocycles. The Bertz CT molecular complexity index is 567. The minimum atomic E-state index is -0.121. The van der Waals surface area contributed by atoms with Crippen LogP contribution in [0.25, 0.3) is 10.4 Å². The zero-order chi connectivity index (χ0) is 14.4. The Morgan fingerprint density at radius 1 is 1.35 bits per heavy atom. The lowest BCUT2D eigenvalue weighted by atomic mass is 10.1. The first-order valence-electron chi connectivity index (χ1n) is 6.52. The molecule has 1 aromatic heterocycles. The van der Waals surface area contributed by atoms with E-state index < -0.39 is 0 Å². The molecule has 0 bridgehead atoms. The van der Waals surface area contributed by atoms with E-state index in [2.05, 4.69) is 10.3 Å². The average Bonchev–Trinajstić information content (AvgIpc) is 2.86. The van der Waals surface area contributed by atoms with Crippen LogP contribution in [0.15, 0.2) is 30.3 Å². The molecule has 0 radical (unpaired) electrons. The van der Waals surface area contributed by atoms with Crippen LogP contribution in [-0.4, -0.2) is 31.2 Å². The van der Waals surface area contributed by atoms with Gasteiger partial charge in [0, 0.05) is 20.3 Å². The molecular formula is C15H18N2O2S. The molecule has 0 aliphatic heterocycles. The normalized spacial score (nSPS) is 10.5. The largest absolute Gasteiger partial charge is 0.385 e. The molecule has 0 fully saturated rings. The summed E-state index contributed by atoms with van der Waals surface area (Å²) in [4.78, 5) is 17.5. The molecule has 1 heterocycles. The third-order valence-electron chi connectivity index (χ3n) is 2.80. The maximum absolute atomic E-state index is 12.2. The molecule has 0 aliphatic rings. The van der Waals surface area contributed by atoms with E-state index in [1.807, 2.05) is 37.3 Å². The van der Waals surface area contributed by atoms with E-state index in [4.69, 9.17) is 4.74 Å². The third-order valence-corrected chi connectivity index (χ3v) is 3.82. The smallest absolute Gasteiger partial charge is 0.271 e. The predicted octanol–water partition coefficient (Wildman–Crippen LogP) is 2.88. The minimum Gasteiger partial charge on any atom is -0.385 e. The highest BCUT2D eigenvalue weighted by Crippen LogP contribution is 2.29. The van der Waals surface area contributed by atoms with Crippen LogP contribution in [-0.2, 0) is 4.74 Å². The van der Waals surface area contributed by atoms with Crippen molar-refractivity contribution < 1.29 is 9.53 Å². The van der Waals surface area contributed by atoms with Crippen LogP contribution in [0.5, 0.6) is 0 Å². The Morgan fingerprint density at radius 3 is 2.80 bits per heavy atom. The maximum atomic E-state index is 12.2. The van der Waals surface area contributed by atoms with Crippen molar-refractivity contribution in [2.24, 2.45) is 0 Å². The van der Waals surface area contributed by atoms with E-state index >= 15 is 0 Å². The quantitative estimate of drug-likeness (QED) is 0.832. The predicted molar refractivity (Wildman–Crippen MR) is 81.1 cm³/mol. The van der Waals surface area contributed by atoms with Gasteiger partial charge < -0.3 is 10.1 Å². The topological polar surface area (TPSA) is 51.2 Å². The van der Waals surface area contributed by atoms with Crippen molar-refractivity contribution in [3.05, 3.63) is 41.0 Å². The van der Waals surface area contributed by atoms with Crippen LogP contribution >= 0.6 is 11.3 Å². The summed E-state index contributed by atoms with van der Waals surface area (Å²) >= 11 is 1.54. The number of hydrogen-bond acceptors (Lipinski definition) is 4. The van der Waals surface area contributed by atoms with Gasteiger partial charge in [-0.25, -0.2) is 4.98 Å². The Kier molecular flexibility index (Phi) is 5.26. The van der Waals surface area contributed by atoms with Crippen molar-refractivity contribution in [3.8, 4) is 10.4 Å². The van der Waals surface area contributed by atoms with E-state index in [0.717, 1.165) is 21.9 Å². The number of benzene rings is 1. The van der Waals surface area contributed by atoms with Gasteiger partial charge in [0.1, 0.15) is 5.69 Å². The minimum absolute atomic E-state index is 0.121. The zero-order valence-corrected chi connectivity index (χ0v) is 12.5. The molecule has 4 nitrogen and oxygen atoms in total. The van der Waals surface area contributed by atoms with E-state index in [0.29, 0.717) is 18.8 Å². The highest BCUT2D eigenvalue weighted by Gasteiger charge is 2.17. The van der Waals surface area contributed by atoms with Gasteiger partial charge in [-0.1, -0.05) is 30.3 Å². The van der Waals surface area contributed by atoms with E-state index in [9.17, 15) is 4.79 Å². The van der Waals surface area contributed by atoms with Crippen molar-refractivity contribution in [1.29, 1.82) is 0 Å². The Balaban J connectivity index is 2.14. The molecule has 20 heavy (non-hydrogen) atoms. The first kappa shape index (κ1) is 14.7. The molecule has 0 spiro atoms. The molecule has 5 heteroatoms. The molecule has 0 atom stereocenters. The van der Waals surface area contributed by atoms with Crippen LogP contribution in [0.2, 0.25) is 0 Å². The van der Waals surface area contributed by atoms with Gasteiger partial charge in [0.05, 0.1) is 9.88 Å². The van der Waals surface area contributed by atoms with Gasteiger partial charge in [0.15, 0.2) is 0 Å². The number of rotatable bonds is 6. The molecule has 2 aromatic rings. The molecule has 0 saturated carbocycles. The summed E-state index contributed by atoms with van der Waals surface area (Å²) < 4.78 is 4.96. The Morgan fingerprint density at radius 2 is 2.10 bits per heavy atom. The van der Waals surface area contributed by atoms with E-state index in [-0.39, 0.29) is 5.91 Å². The maximum Gasteiger partial charge on any atom is 0.271 e. The van der Waals surface area contributed by atoms with Crippen LogP contribution in [0.3, 0.4) is 0 Å². The van der Waals surface area contributed by atoms with E-state index in [1.54, 1.807) is 18.4 Å². The second-order valence-corrected chi connectivity index (χ2v) is 5.58. The Hall–Kier alpha value is -1.72. The summed E-state index contributed by atoms with van der Waals surface area (Å²) in [6, 6.07) is 9.88. The molecule has 0 aliphatic carbocycles. The number of aryl methyl sites for hydroxylation is 1. The zero-order valence-electron chi connectivity index (χ0n) is 11.7. The standard InChI is InChI=1S/C15H18N2O2S/c1-11-17-13(15(18)16-9-6-10-19-2)14(20-11)12-7-4-3-5-8-12/h3-5,7-8H,6,9-10H2,1-2H3,(H,16,18). The van der Waals surface area contributed by atoms with Gasteiger partial charge in [-0.3, -0.25) is 4.79 Å². The summed E-state index contributed by atoms with van der Waals surface area (Å²) in [6.45, 7) is 3.15. The number of carbonyl (C=O) groups is 1. The molecule has 1 N–H and O–H groups in total. The molecule has 0 saturated heterocycles. The molecule has 106 valence electrons. The highest BCUT2D eigenvalue weighted by molar-refractivity contribution is 7.15. The number of ether oxygens (including phenoxy) is 1. The number of hydrogen-bond donors (Lipinski definition) is 1. The highest BCUT2D eigenvalue weighted by atomic mass is 32.1. The first-order chi connectivity index (χ1) is 9.72. The number of amides is 1. The van der Waals surface area contributed by atoms with Crippen molar-refractivity contribution in [1.82, 2.24) is 10.3 Å². The molecule has 2 rings (SSSR count). The molecule has 1 amide bonds. The van der Waals surface area contributed by atoms with Crippen LogP contribution in [0, 0.1) is 6.92 Å². The number of methoxy groups -OCH3 is 1. The summed E-state index contributed by atoms with van der Waals surface area (Å²) in [5.74, 6) is -0.121. The summed E-state index contributed by atoms with van der Waals surface area (Å²) in [5, 5.41) is 3.78. The van der Waals surface area contributed by atoms with Gasteiger partial charge in [-0.05, 0) is 18.9 Å². The van der Waals surface area contributed by atoms with Gasteiger partial charge in [0.2, 0.25) is 0 Å². The van der Waals surface area contributed by atoms with Gasteiger partial charge in [-0.15, -0.1) is 11.3 Å². The number of aromatic nitrogens is 1. The van der Waals surface area contributed by atoms with E-state index in [1.165, 1.54) is 0 Å². The number of nitrogens with one attached hydrogen (secondary N) is 1.